The fourth-order valence-corrected chi connectivity index (χ4v) is 3.62. The summed E-state index contributed by atoms with van der Waals surface area (Å²) in [6.07, 6.45) is 0.914. The summed E-state index contributed by atoms with van der Waals surface area (Å²) in [7, 11) is 0. The maximum absolute atomic E-state index is 11.0. The molecule has 29 heavy (non-hydrogen) atoms. The highest BCUT2D eigenvalue weighted by molar-refractivity contribution is 5.64. The van der Waals surface area contributed by atoms with Crippen molar-refractivity contribution in [3.63, 3.8) is 0 Å². The normalized spacial score (nSPS) is 17.9. The summed E-state index contributed by atoms with van der Waals surface area (Å²) in [5.74, 6) is 1.55. The van der Waals surface area contributed by atoms with Crippen LogP contribution in [0.25, 0.3) is 11.3 Å². The van der Waals surface area contributed by atoms with E-state index in [1.165, 1.54) is 0 Å². The number of hydrogen-bond acceptors (Lipinski definition) is 7. The van der Waals surface area contributed by atoms with E-state index < -0.39 is 0 Å². The number of morpholine rings is 1. The molecular formula is C21H28N6O2. The standard InChI is InChI=1S/C21H28N6O2/c28-17-26-8-10-27(11-9-26)21-23-19(18-4-2-1-3-5-18)16-20(24-21)22-6-7-25-12-14-29-15-13-25/h1-5,16-17H,6-15H2,(H,22,23,24). The maximum atomic E-state index is 11.0. The highest BCUT2D eigenvalue weighted by Crippen LogP contribution is 2.23. The lowest BCUT2D eigenvalue weighted by Gasteiger charge is -2.32. The quantitative estimate of drug-likeness (QED) is 0.704. The van der Waals surface area contributed by atoms with Crippen LogP contribution in [0.3, 0.4) is 0 Å². The molecule has 2 aliphatic rings. The van der Waals surface area contributed by atoms with Gasteiger partial charge in [0.15, 0.2) is 0 Å². The second kappa shape index (κ2) is 9.67. The van der Waals surface area contributed by atoms with E-state index in [2.05, 4.69) is 27.2 Å². The number of carbonyl (C=O) groups is 1. The van der Waals surface area contributed by atoms with Crippen molar-refractivity contribution in [1.82, 2.24) is 19.8 Å². The number of benzene rings is 1. The predicted octanol–water partition coefficient (Wildman–Crippen LogP) is 1.17. The van der Waals surface area contributed by atoms with Crippen molar-refractivity contribution in [2.45, 2.75) is 0 Å². The Labute approximate surface area is 171 Å². The maximum Gasteiger partial charge on any atom is 0.227 e. The van der Waals surface area contributed by atoms with Crippen molar-refractivity contribution in [1.29, 1.82) is 0 Å². The van der Waals surface area contributed by atoms with E-state index in [4.69, 9.17) is 14.7 Å². The number of ether oxygens (including phenoxy) is 1. The van der Waals surface area contributed by atoms with Crippen molar-refractivity contribution in [3.8, 4) is 11.3 Å². The highest BCUT2D eigenvalue weighted by atomic mass is 16.5. The summed E-state index contributed by atoms with van der Waals surface area (Å²) < 4.78 is 5.41. The minimum absolute atomic E-state index is 0.697. The molecule has 1 amide bonds. The van der Waals surface area contributed by atoms with Gasteiger partial charge in [-0.2, -0.15) is 4.98 Å². The van der Waals surface area contributed by atoms with E-state index in [0.717, 1.165) is 76.0 Å². The van der Waals surface area contributed by atoms with E-state index in [-0.39, 0.29) is 0 Å². The van der Waals surface area contributed by atoms with Crippen molar-refractivity contribution < 1.29 is 9.53 Å². The van der Waals surface area contributed by atoms with Crippen LogP contribution in [0.15, 0.2) is 36.4 Å². The second-order valence-corrected chi connectivity index (χ2v) is 7.31. The van der Waals surface area contributed by atoms with Crippen LogP contribution in [0.2, 0.25) is 0 Å². The number of carbonyl (C=O) groups excluding carboxylic acids is 1. The van der Waals surface area contributed by atoms with Crippen LogP contribution in [0, 0.1) is 0 Å². The van der Waals surface area contributed by atoms with Crippen LogP contribution < -0.4 is 10.2 Å². The SMILES string of the molecule is O=CN1CCN(c2nc(NCCN3CCOCC3)cc(-c3ccccc3)n2)CC1. The first-order chi connectivity index (χ1) is 14.3. The number of amides is 1. The van der Waals surface area contributed by atoms with Gasteiger partial charge in [0, 0.05) is 64.0 Å². The van der Waals surface area contributed by atoms with E-state index in [1.807, 2.05) is 24.3 Å². The first kappa shape index (κ1) is 19.6. The first-order valence-electron chi connectivity index (χ1n) is 10.2. The van der Waals surface area contributed by atoms with Gasteiger partial charge < -0.3 is 19.9 Å². The Bertz CT molecular complexity index is 789. The van der Waals surface area contributed by atoms with E-state index in [0.29, 0.717) is 19.0 Å². The average molecular weight is 396 g/mol. The lowest BCUT2D eigenvalue weighted by atomic mass is 10.1. The molecule has 2 saturated heterocycles. The van der Waals surface area contributed by atoms with E-state index in [9.17, 15) is 4.79 Å². The van der Waals surface area contributed by atoms with Gasteiger partial charge in [0.25, 0.3) is 0 Å². The number of hydrogen-bond donors (Lipinski definition) is 1. The van der Waals surface area contributed by atoms with Gasteiger partial charge in [0.2, 0.25) is 12.4 Å². The molecule has 3 heterocycles. The summed E-state index contributed by atoms with van der Waals surface area (Å²) in [6, 6.07) is 12.2. The summed E-state index contributed by atoms with van der Waals surface area (Å²) in [6.45, 7) is 8.23. The number of nitrogens with one attached hydrogen (secondary N) is 1. The molecule has 0 unspecified atom stereocenters. The third-order valence-corrected chi connectivity index (χ3v) is 5.37. The third-order valence-electron chi connectivity index (χ3n) is 5.37. The van der Waals surface area contributed by atoms with Gasteiger partial charge in [-0.15, -0.1) is 0 Å². The van der Waals surface area contributed by atoms with Gasteiger partial charge in [-0.3, -0.25) is 9.69 Å². The zero-order chi connectivity index (χ0) is 19.9. The first-order valence-corrected chi connectivity index (χ1v) is 10.2. The minimum atomic E-state index is 0.697. The largest absolute Gasteiger partial charge is 0.379 e. The third kappa shape index (κ3) is 5.21. The molecule has 1 aromatic heterocycles. The molecule has 2 fully saturated rings. The molecule has 1 N–H and O–H groups in total. The van der Waals surface area contributed by atoms with Gasteiger partial charge in [-0.1, -0.05) is 30.3 Å². The van der Waals surface area contributed by atoms with Gasteiger partial charge >= 0.3 is 0 Å². The molecule has 0 bridgehead atoms. The molecule has 4 rings (SSSR count). The predicted molar refractivity (Wildman–Crippen MR) is 113 cm³/mol. The monoisotopic (exact) mass is 396 g/mol. The number of anilines is 2. The van der Waals surface area contributed by atoms with Crippen LogP contribution in [-0.4, -0.2) is 91.7 Å². The van der Waals surface area contributed by atoms with Crippen LogP contribution in [0.4, 0.5) is 11.8 Å². The highest BCUT2D eigenvalue weighted by Gasteiger charge is 2.19. The van der Waals surface area contributed by atoms with Crippen molar-refractivity contribution in [2.24, 2.45) is 0 Å². The summed E-state index contributed by atoms with van der Waals surface area (Å²) >= 11 is 0. The van der Waals surface area contributed by atoms with Crippen LogP contribution in [0.1, 0.15) is 0 Å². The topological polar surface area (TPSA) is 73.8 Å². The Hall–Kier alpha value is -2.71. The number of piperazine rings is 1. The molecule has 0 aliphatic carbocycles. The Morgan fingerprint density at radius 2 is 1.76 bits per heavy atom. The molecule has 2 aliphatic heterocycles. The molecule has 154 valence electrons. The Morgan fingerprint density at radius 3 is 2.48 bits per heavy atom. The number of nitrogens with zero attached hydrogens (tertiary/aromatic N) is 5. The van der Waals surface area contributed by atoms with Gasteiger partial charge in [-0.05, 0) is 0 Å². The fourth-order valence-electron chi connectivity index (χ4n) is 3.62. The van der Waals surface area contributed by atoms with Crippen molar-refractivity contribution >= 4 is 18.2 Å². The number of rotatable bonds is 7. The molecule has 0 saturated carbocycles. The summed E-state index contributed by atoms with van der Waals surface area (Å²) in [5, 5.41) is 3.47. The summed E-state index contributed by atoms with van der Waals surface area (Å²) in [4.78, 5) is 26.9. The van der Waals surface area contributed by atoms with E-state index in [1.54, 1.807) is 4.90 Å². The van der Waals surface area contributed by atoms with Crippen molar-refractivity contribution in [3.05, 3.63) is 36.4 Å². The fraction of sp³-hybridized carbons (Fsp3) is 0.476. The van der Waals surface area contributed by atoms with E-state index >= 15 is 0 Å². The van der Waals surface area contributed by atoms with Gasteiger partial charge in [-0.25, -0.2) is 4.98 Å². The Kier molecular flexibility index (Phi) is 6.53. The number of aromatic nitrogens is 2. The molecule has 1 aromatic carbocycles. The Morgan fingerprint density at radius 1 is 1.00 bits per heavy atom. The zero-order valence-corrected chi connectivity index (χ0v) is 16.7. The zero-order valence-electron chi connectivity index (χ0n) is 16.7. The van der Waals surface area contributed by atoms with Crippen molar-refractivity contribution in [2.75, 3.05) is 75.8 Å². The summed E-state index contributed by atoms with van der Waals surface area (Å²) in [5.41, 5.74) is 1.97. The molecule has 0 radical (unpaired) electrons. The molecule has 0 spiro atoms. The lowest BCUT2D eigenvalue weighted by molar-refractivity contribution is -0.118. The second-order valence-electron chi connectivity index (χ2n) is 7.31. The molecule has 8 nitrogen and oxygen atoms in total. The smallest absolute Gasteiger partial charge is 0.227 e. The lowest BCUT2D eigenvalue weighted by Crippen LogP contribution is -2.46. The minimum Gasteiger partial charge on any atom is -0.379 e. The van der Waals surface area contributed by atoms with Crippen LogP contribution in [0.5, 0.6) is 0 Å². The molecular weight excluding hydrogens is 368 g/mol. The Balaban J connectivity index is 1.49. The average Bonchev–Trinajstić information content (AvgIpc) is 2.80. The van der Waals surface area contributed by atoms with Crippen LogP contribution in [-0.2, 0) is 9.53 Å². The molecule has 2 aromatic rings. The van der Waals surface area contributed by atoms with Gasteiger partial charge in [0.05, 0.1) is 18.9 Å². The van der Waals surface area contributed by atoms with Crippen LogP contribution >= 0.6 is 0 Å². The van der Waals surface area contributed by atoms with Gasteiger partial charge in [0.1, 0.15) is 5.82 Å². The molecule has 0 atom stereocenters. The molecule has 8 heteroatoms.